The molecular formula is C24H23N5O5. The van der Waals surface area contributed by atoms with E-state index in [9.17, 15) is 9.59 Å². The molecule has 0 atom stereocenters. The van der Waals surface area contributed by atoms with Gasteiger partial charge < -0.3 is 24.1 Å². The van der Waals surface area contributed by atoms with Gasteiger partial charge in [0.25, 0.3) is 5.56 Å². The van der Waals surface area contributed by atoms with Crippen LogP contribution in [0.5, 0.6) is 11.5 Å². The number of anilines is 1. The summed E-state index contributed by atoms with van der Waals surface area (Å²) in [6, 6.07) is 10.8. The molecule has 0 spiro atoms. The van der Waals surface area contributed by atoms with Crippen LogP contribution in [0.15, 0.2) is 47.5 Å². The molecule has 0 saturated heterocycles. The SMILES string of the molecule is COCn1ncnc1NCCn1c2c(c3ccc(OC)c(OC)c3c1=O)C(=O)c1ccccc1-2. The van der Waals surface area contributed by atoms with Crippen molar-refractivity contribution in [1.82, 2.24) is 19.3 Å². The van der Waals surface area contributed by atoms with Gasteiger partial charge in [0.1, 0.15) is 13.1 Å². The van der Waals surface area contributed by atoms with Gasteiger partial charge in [-0.2, -0.15) is 10.1 Å². The van der Waals surface area contributed by atoms with Crippen molar-refractivity contribution in [2.24, 2.45) is 0 Å². The molecule has 0 radical (unpaired) electrons. The number of fused-ring (bicyclic) bond motifs is 5. The van der Waals surface area contributed by atoms with Gasteiger partial charge in [0.2, 0.25) is 5.95 Å². The maximum Gasteiger partial charge on any atom is 0.262 e. The minimum Gasteiger partial charge on any atom is -0.493 e. The number of hydrogen-bond acceptors (Lipinski definition) is 8. The van der Waals surface area contributed by atoms with E-state index in [-0.39, 0.29) is 24.6 Å². The highest BCUT2D eigenvalue weighted by molar-refractivity contribution is 6.27. The number of carbonyl (C=O) groups excluding carboxylic acids is 1. The second-order valence-corrected chi connectivity index (χ2v) is 7.71. The smallest absolute Gasteiger partial charge is 0.262 e. The summed E-state index contributed by atoms with van der Waals surface area (Å²) in [5.74, 6) is 1.12. The number of pyridine rings is 1. The third-order valence-electron chi connectivity index (χ3n) is 5.92. The quantitative estimate of drug-likeness (QED) is 0.376. The third kappa shape index (κ3) is 3.22. The molecule has 4 aromatic rings. The molecule has 174 valence electrons. The molecule has 34 heavy (non-hydrogen) atoms. The number of ketones is 1. The topological polar surface area (TPSA) is 110 Å². The zero-order valence-electron chi connectivity index (χ0n) is 19.0. The molecule has 10 heteroatoms. The van der Waals surface area contributed by atoms with Crippen LogP contribution in [0.4, 0.5) is 5.95 Å². The Morgan fingerprint density at radius 2 is 1.79 bits per heavy atom. The Morgan fingerprint density at radius 1 is 1.00 bits per heavy atom. The third-order valence-corrected chi connectivity index (χ3v) is 5.92. The molecule has 1 aliphatic carbocycles. The van der Waals surface area contributed by atoms with Crippen molar-refractivity contribution in [2.45, 2.75) is 13.3 Å². The largest absolute Gasteiger partial charge is 0.493 e. The van der Waals surface area contributed by atoms with Crippen LogP contribution >= 0.6 is 0 Å². The fraction of sp³-hybridized carbons (Fsp3) is 0.250. The van der Waals surface area contributed by atoms with Crippen LogP contribution in [0, 0.1) is 0 Å². The maximum atomic E-state index is 13.8. The first-order valence-corrected chi connectivity index (χ1v) is 10.7. The van der Waals surface area contributed by atoms with Crippen LogP contribution in [-0.2, 0) is 18.0 Å². The molecule has 0 saturated carbocycles. The minimum absolute atomic E-state index is 0.121. The number of benzene rings is 2. The Morgan fingerprint density at radius 3 is 2.53 bits per heavy atom. The van der Waals surface area contributed by atoms with Gasteiger partial charge in [-0.3, -0.25) is 9.59 Å². The van der Waals surface area contributed by atoms with Crippen LogP contribution in [0.1, 0.15) is 15.9 Å². The number of methoxy groups -OCH3 is 3. The van der Waals surface area contributed by atoms with Gasteiger partial charge in [-0.1, -0.05) is 24.3 Å². The summed E-state index contributed by atoms with van der Waals surface area (Å²) in [7, 11) is 4.56. The first kappa shape index (κ1) is 21.7. The number of aromatic nitrogens is 4. The zero-order valence-corrected chi connectivity index (χ0v) is 19.0. The molecule has 10 nitrogen and oxygen atoms in total. The summed E-state index contributed by atoms with van der Waals surface area (Å²) in [4.78, 5) is 31.5. The molecule has 1 N–H and O–H groups in total. The van der Waals surface area contributed by atoms with Crippen LogP contribution in [-0.4, -0.2) is 53.0 Å². The fourth-order valence-corrected chi connectivity index (χ4v) is 4.49. The Bertz CT molecular complexity index is 1470. The van der Waals surface area contributed by atoms with Gasteiger partial charge >= 0.3 is 0 Å². The number of ether oxygens (including phenoxy) is 3. The highest BCUT2D eigenvalue weighted by atomic mass is 16.5. The van der Waals surface area contributed by atoms with Crippen LogP contribution in [0.2, 0.25) is 0 Å². The number of nitrogens with zero attached hydrogens (tertiary/aromatic N) is 4. The number of nitrogens with one attached hydrogen (secondary N) is 1. The van der Waals surface area contributed by atoms with Gasteiger partial charge in [-0.15, -0.1) is 0 Å². The van der Waals surface area contributed by atoms with Crippen molar-refractivity contribution in [1.29, 1.82) is 0 Å². The molecule has 0 bridgehead atoms. The predicted molar refractivity (Wildman–Crippen MR) is 126 cm³/mol. The lowest BCUT2D eigenvalue weighted by Gasteiger charge is -2.18. The second-order valence-electron chi connectivity index (χ2n) is 7.71. The van der Waals surface area contributed by atoms with E-state index >= 15 is 0 Å². The van der Waals surface area contributed by atoms with Crippen molar-refractivity contribution in [3.8, 4) is 22.8 Å². The molecule has 5 rings (SSSR count). The molecular weight excluding hydrogens is 438 g/mol. The first-order chi connectivity index (χ1) is 16.6. The zero-order chi connectivity index (χ0) is 23.8. The van der Waals surface area contributed by atoms with Crippen molar-refractivity contribution in [2.75, 3.05) is 33.2 Å². The monoisotopic (exact) mass is 461 g/mol. The maximum absolute atomic E-state index is 13.8. The van der Waals surface area contributed by atoms with Gasteiger partial charge in [0.05, 0.1) is 30.9 Å². The molecule has 0 aliphatic heterocycles. The lowest BCUT2D eigenvalue weighted by Crippen LogP contribution is -2.27. The summed E-state index contributed by atoms with van der Waals surface area (Å²) in [5, 5.41) is 8.15. The average Bonchev–Trinajstić information content (AvgIpc) is 3.42. The Labute approximate surface area is 194 Å². The van der Waals surface area contributed by atoms with E-state index in [1.54, 1.807) is 34.6 Å². The molecule has 2 heterocycles. The van der Waals surface area contributed by atoms with Crippen molar-refractivity contribution in [3.05, 3.63) is 64.2 Å². The summed E-state index contributed by atoms with van der Waals surface area (Å²) < 4.78 is 19.3. The average molecular weight is 461 g/mol. The predicted octanol–water partition coefficient (Wildman–Crippen LogP) is 2.54. The van der Waals surface area contributed by atoms with Gasteiger partial charge in [-0.05, 0) is 12.1 Å². The number of rotatable bonds is 8. The summed E-state index contributed by atoms with van der Waals surface area (Å²) in [6.45, 7) is 0.883. The summed E-state index contributed by atoms with van der Waals surface area (Å²) >= 11 is 0. The van der Waals surface area contributed by atoms with Crippen LogP contribution < -0.4 is 20.3 Å². The molecule has 0 fully saturated rings. The van der Waals surface area contributed by atoms with E-state index in [0.717, 1.165) is 5.56 Å². The Balaban J connectivity index is 1.68. The standard InChI is InChI=1S/C24H23N5O5/c1-32-13-29-24(26-12-27-29)25-10-11-28-20-14-6-4-5-7-15(14)21(30)18(20)16-8-9-17(33-2)22(34-3)19(16)23(28)31/h4-9,12H,10-11,13H2,1-3H3,(H,25,26,27). The van der Waals surface area contributed by atoms with Crippen molar-refractivity contribution >= 4 is 22.5 Å². The fourth-order valence-electron chi connectivity index (χ4n) is 4.49. The highest BCUT2D eigenvalue weighted by Gasteiger charge is 2.33. The van der Waals surface area contributed by atoms with E-state index in [4.69, 9.17) is 14.2 Å². The second kappa shape index (κ2) is 8.64. The van der Waals surface area contributed by atoms with Gasteiger partial charge in [0.15, 0.2) is 17.3 Å². The molecule has 1 aliphatic rings. The molecule has 2 aromatic heterocycles. The van der Waals surface area contributed by atoms with E-state index in [0.29, 0.717) is 51.6 Å². The van der Waals surface area contributed by atoms with Crippen molar-refractivity contribution < 1.29 is 19.0 Å². The molecule has 0 amide bonds. The van der Waals surface area contributed by atoms with E-state index in [2.05, 4.69) is 15.4 Å². The molecule has 2 aromatic carbocycles. The summed E-state index contributed by atoms with van der Waals surface area (Å²) in [5.41, 5.74) is 2.12. The van der Waals surface area contributed by atoms with Crippen molar-refractivity contribution in [3.63, 3.8) is 0 Å². The van der Waals surface area contributed by atoms with E-state index in [1.165, 1.54) is 20.5 Å². The highest BCUT2D eigenvalue weighted by Crippen LogP contribution is 2.42. The Kier molecular flexibility index (Phi) is 5.50. The summed E-state index contributed by atoms with van der Waals surface area (Å²) in [6.07, 6.45) is 1.42. The minimum atomic E-state index is -0.269. The van der Waals surface area contributed by atoms with E-state index in [1.807, 2.05) is 18.2 Å². The van der Waals surface area contributed by atoms with Crippen LogP contribution in [0.3, 0.4) is 0 Å². The van der Waals surface area contributed by atoms with Gasteiger partial charge in [-0.25, -0.2) is 4.68 Å². The normalized spacial score (nSPS) is 12.0. The van der Waals surface area contributed by atoms with E-state index < -0.39 is 0 Å². The lowest BCUT2D eigenvalue weighted by molar-refractivity contribution is 0.104. The molecule has 0 unspecified atom stereocenters. The number of carbonyl (C=O) groups is 1. The Hall–Kier alpha value is -4.18. The van der Waals surface area contributed by atoms with Crippen LogP contribution in [0.25, 0.3) is 22.0 Å². The number of hydrogen-bond donors (Lipinski definition) is 1. The first-order valence-electron chi connectivity index (χ1n) is 10.7. The lowest BCUT2D eigenvalue weighted by atomic mass is 10.0. The van der Waals surface area contributed by atoms with Gasteiger partial charge in [0, 0.05) is 36.7 Å².